The fourth-order valence-corrected chi connectivity index (χ4v) is 4.33. The van der Waals surface area contributed by atoms with E-state index in [1.54, 1.807) is 17.4 Å². The Morgan fingerprint density at radius 2 is 1.72 bits per heavy atom. The van der Waals surface area contributed by atoms with Crippen LogP contribution in [0.25, 0.3) is 0 Å². The van der Waals surface area contributed by atoms with Crippen molar-refractivity contribution in [2.75, 3.05) is 6.54 Å². The predicted octanol–water partition coefficient (Wildman–Crippen LogP) is 2.41. The monoisotopic (exact) mass is 388 g/mol. The number of nitrogens with one attached hydrogen (secondary N) is 1. The summed E-state index contributed by atoms with van der Waals surface area (Å²) in [7, 11) is 0. The van der Waals surface area contributed by atoms with Crippen LogP contribution in [-0.4, -0.2) is 39.3 Å². The van der Waals surface area contributed by atoms with Gasteiger partial charge in [0.2, 0.25) is 11.8 Å². The summed E-state index contributed by atoms with van der Waals surface area (Å²) >= 11 is 0. The average molecular weight is 388 g/mol. The van der Waals surface area contributed by atoms with Gasteiger partial charge in [0.05, 0.1) is 6.33 Å². The predicted molar refractivity (Wildman–Crippen MR) is 110 cm³/mol. The molecule has 1 fully saturated rings. The van der Waals surface area contributed by atoms with Crippen LogP contribution in [0.15, 0.2) is 73.2 Å². The Balaban J connectivity index is 1.76. The quantitative estimate of drug-likeness (QED) is 0.679. The molecule has 1 saturated heterocycles. The number of nitrogens with zero attached hydrogens (tertiary/aromatic N) is 2. The number of aromatic nitrogens is 2. The first-order valence-electron chi connectivity index (χ1n) is 9.77. The third kappa shape index (κ3) is 3.66. The summed E-state index contributed by atoms with van der Waals surface area (Å²) in [5.74, 6) is -0.555. The average Bonchev–Trinajstić information content (AvgIpc) is 3.27. The van der Waals surface area contributed by atoms with Crippen molar-refractivity contribution in [3.63, 3.8) is 0 Å². The van der Waals surface area contributed by atoms with Crippen molar-refractivity contribution in [3.8, 4) is 0 Å². The highest BCUT2D eigenvalue weighted by atomic mass is 16.2. The minimum absolute atomic E-state index is 0.0456. The summed E-state index contributed by atoms with van der Waals surface area (Å²) in [6, 6.07) is 19.7. The molecule has 2 aromatic carbocycles. The van der Waals surface area contributed by atoms with E-state index in [9.17, 15) is 9.59 Å². The van der Waals surface area contributed by atoms with E-state index in [2.05, 4.69) is 34.2 Å². The number of primary amides is 1. The Morgan fingerprint density at radius 3 is 2.24 bits per heavy atom. The lowest BCUT2D eigenvalue weighted by atomic mass is 9.68. The van der Waals surface area contributed by atoms with Crippen LogP contribution in [-0.2, 0) is 21.4 Å². The number of carbonyl (C=O) groups is 2. The van der Waals surface area contributed by atoms with Crippen LogP contribution >= 0.6 is 0 Å². The van der Waals surface area contributed by atoms with Crippen molar-refractivity contribution in [1.29, 1.82) is 0 Å². The van der Waals surface area contributed by atoms with Crippen LogP contribution in [0.3, 0.4) is 0 Å². The highest BCUT2D eigenvalue weighted by Crippen LogP contribution is 2.41. The SMILES string of the molecule is NC(=O)[C@H](Cc1cnc[nH]1)N1CC(c2ccccc2)(c2ccccc2)CCC1=O. The number of piperidine rings is 1. The molecule has 2 amide bonds. The standard InChI is InChI=1S/C23H24N4O2/c24-22(29)20(13-19-14-25-16-26-19)27-15-23(12-11-21(27)28,17-7-3-1-4-8-17)18-9-5-2-6-10-18/h1-10,14,16,20H,11-13,15H2,(H2,24,29)(H,25,26)/t20-/m0/s1. The molecule has 0 radical (unpaired) electrons. The van der Waals surface area contributed by atoms with E-state index in [1.807, 2.05) is 36.4 Å². The highest BCUT2D eigenvalue weighted by molar-refractivity contribution is 5.87. The second-order valence-corrected chi connectivity index (χ2v) is 7.53. The Morgan fingerprint density at radius 1 is 1.10 bits per heavy atom. The van der Waals surface area contributed by atoms with E-state index in [4.69, 9.17) is 5.73 Å². The maximum atomic E-state index is 12.9. The molecule has 3 N–H and O–H groups in total. The van der Waals surface area contributed by atoms with Gasteiger partial charge in [-0.15, -0.1) is 0 Å². The maximum Gasteiger partial charge on any atom is 0.240 e. The molecule has 6 heteroatoms. The molecule has 0 bridgehead atoms. The van der Waals surface area contributed by atoms with Gasteiger partial charge in [0, 0.05) is 36.7 Å². The number of amides is 2. The van der Waals surface area contributed by atoms with Gasteiger partial charge in [0.15, 0.2) is 0 Å². The Labute approximate surface area is 169 Å². The van der Waals surface area contributed by atoms with Crippen molar-refractivity contribution < 1.29 is 9.59 Å². The van der Waals surface area contributed by atoms with E-state index < -0.39 is 17.4 Å². The Bertz CT molecular complexity index is 931. The fraction of sp³-hybridized carbons (Fsp3) is 0.261. The summed E-state index contributed by atoms with van der Waals surface area (Å²) in [5, 5.41) is 0. The molecule has 3 aromatic rings. The second-order valence-electron chi connectivity index (χ2n) is 7.53. The van der Waals surface area contributed by atoms with Gasteiger partial charge < -0.3 is 15.6 Å². The molecule has 0 aliphatic carbocycles. The number of rotatable bonds is 6. The van der Waals surface area contributed by atoms with Crippen molar-refractivity contribution in [2.45, 2.75) is 30.7 Å². The molecule has 1 aliphatic rings. The van der Waals surface area contributed by atoms with E-state index >= 15 is 0 Å². The van der Waals surface area contributed by atoms with Crippen LogP contribution in [0.5, 0.6) is 0 Å². The molecule has 0 unspecified atom stereocenters. The first-order valence-corrected chi connectivity index (χ1v) is 9.77. The zero-order valence-electron chi connectivity index (χ0n) is 16.1. The summed E-state index contributed by atoms with van der Waals surface area (Å²) in [4.78, 5) is 33.9. The number of H-pyrrole nitrogens is 1. The Hall–Kier alpha value is -3.41. The van der Waals surface area contributed by atoms with Crippen LogP contribution in [0, 0.1) is 0 Å². The van der Waals surface area contributed by atoms with Crippen LogP contribution in [0.4, 0.5) is 0 Å². The van der Waals surface area contributed by atoms with E-state index in [1.165, 1.54) is 0 Å². The van der Waals surface area contributed by atoms with Crippen molar-refractivity contribution in [1.82, 2.24) is 14.9 Å². The van der Waals surface area contributed by atoms with Crippen LogP contribution in [0.1, 0.15) is 29.7 Å². The van der Waals surface area contributed by atoms with Gasteiger partial charge in [0.25, 0.3) is 0 Å². The third-order valence-corrected chi connectivity index (χ3v) is 5.85. The number of likely N-dealkylation sites (tertiary alicyclic amines) is 1. The molecule has 0 spiro atoms. The first kappa shape index (κ1) is 18.9. The first-order chi connectivity index (χ1) is 14.1. The summed E-state index contributed by atoms with van der Waals surface area (Å²) in [5.41, 5.74) is 8.40. The number of benzene rings is 2. The van der Waals surface area contributed by atoms with Gasteiger partial charge in [-0.1, -0.05) is 60.7 Å². The minimum atomic E-state index is -0.727. The molecular weight excluding hydrogens is 364 g/mol. The normalized spacial score (nSPS) is 17.1. The van der Waals surface area contributed by atoms with Crippen molar-refractivity contribution in [3.05, 3.63) is 90.0 Å². The van der Waals surface area contributed by atoms with Gasteiger partial charge in [-0.05, 0) is 17.5 Å². The zero-order chi connectivity index (χ0) is 20.3. The lowest BCUT2D eigenvalue weighted by Crippen LogP contribution is -2.57. The third-order valence-electron chi connectivity index (χ3n) is 5.85. The minimum Gasteiger partial charge on any atom is -0.368 e. The molecule has 0 saturated carbocycles. The Kier molecular flexibility index (Phi) is 5.16. The number of imidazole rings is 1. The van der Waals surface area contributed by atoms with E-state index in [0.29, 0.717) is 25.8 Å². The maximum absolute atomic E-state index is 12.9. The lowest BCUT2D eigenvalue weighted by molar-refractivity contribution is -0.143. The van der Waals surface area contributed by atoms with Crippen LogP contribution < -0.4 is 5.73 Å². The summed E-state index contributed by atoms with van der Waals surface area (Å²) in [6.45, 7) is 0.404. The molecule has 29 heavy (non-hydrogen) atoms. The zero-order valence-corrected chi connectivity index (χ0v) is 16.1. The summed E-state index contributed by atoms with van der Waals surface area (Å²) < 4.78 is 0. The lowest BCUT2D eigenvalue weighted by Gasteiger charge is -2.45. The van der Waals surface area contributed by atoms with E-state index in [0.717, 1.165) is 16.8 Å². The number of hydrogen-bond donors (Lipinski definition) is 2. The molecular formula is C23H24N4O2. The molecule has 1 aliphatic heterocycles. The molecule has 6 nitrogen and oxygen atoms in total. The highest BCUT2D eigenvalue weighted by Gasteiger charge is 2.44. The van der Waals surface area contributed by atoms with Gasteiger partial charge in [-0.2, -0.15) is 0 Å². The number of carbonyl (C=O) groups excluding carboxylic acids is 2. The largest absolute Gasteiger partial charge is 0.368 e. The molecule has 1 aromatic heterocycles. The van der Waals surface area contributed by atoms with Crippen molar-refractivity contribution in [2.24, 2.45) is 5.73 Å². The van der Waals surface area contributed by atoms with Gasteiger partial charge in [-0.3, -0.25) is 9.59 Å². The van der Waals surface area contributed by atoms with Crippen molar-refractivity contribution >= 4 is 11.8 Å². The number of nitrogens with two attached hydrogens (primary N) is 1. The number of aromatic amines is 1. The number of hydrogen-bond acceptors (Lipinski definition) is 3. The fourth-order valence-electron chi connectivity index (χ4n) is 4.33. The molecule has 1 atom stereocenters. The summed E-state index contributed by atoms with van der Waals surface area (Å²) in [6.07, 6.45) is 4.58. The molecule has 2 heterocycles. The van der Waals surface area contributed by atoms with Gasteiger partial charge in [0.1, 0.15) is 6.04 Å². The van der Waals surface area contributed by atoms with E-state index in [-0.39, 0.29) is 5.91 Å². The van der Waals surface area contributed by atoms with Gasteiger partial charge in [-0.25, -0.2) is 4.98 Å². The topological polar surface area (TPSA) is 92.1 Å². The molecule has 148 valence electrons. The van der Waals surface area contributed by atoms with Crippen LogP contribution in [0.2, 0.25) is 0 Å². The molecule has 4 rings (SSSR count). The van der Waals surface area contributed by atoms with Gasteiger partial charge >= 0.3 is 0 Å². The smallest absolute Gasteiger partial charge is 0.240 e. The second kappa shape index (κ2) is 7.91.